The molecule has 0 aliphatic heterocycles. The van der Waals surface area contributed by atoms with E-state index in [1.807, 2.05) is 54.4 Å². The number of aryl methyl sites for hydroxylation is 1. The number of guanidine groups is 1. The second-order valence-electron chi connectivity index (χ2n) is 5.43. The smallest absolute Gasteiger partial charge is 0.199 e. The Hall–Kier alpha value is -2.59. The third-order valence-corrected chi connectivity index (χ3v) is 3.94. The van der Waals surface area contributed by atoms with Gasteiger partial charge in [0.25, 0.3) is 0 Å². The number of fused-ring (bicyclic) bond motifs is 1. The van der Waals surface area contributed by atoms with Gasteiger partial charge in [-0.15, -0.1) is 12.4 Å². The molecule has 1 heterocycles. The van der Waals surface area contributed by atoms with Crippen molar-refractivity contribution in [1.29, 1.82) is 5.41 Å². The summed E-state index contributed by atoms with van der Waals surface area (Å²) in [5, 5.41) is 12.6. The lowest BCUT2D eigenvalue weighted by Gasteiger charge is -2.22. The second-order valence-corrected chi connectivity index (χ2v) is 5.43. The van der Waals surface area contributed by atoms with E-state index in [0.29, 0.717) is 5.96 Å². The van der Waals surface area contributed by atoms with E-state index in [1.165, 1.54) is 5.56 Å². The number of nitrogens with one attached hydrogen (secondary N) is 2. The molecule has 0 aliphatic rings. The molecule has 0 atom stereocenters. The molecule has 0 unspecified atom stereocenters. The Labute approximate surface area is 148 Å². The van der Waals surface area contributed by atoms with Crippen molar-refractivity contribution < 1.29 is 0 Å². The molecule has 2 N–H and O–H groups in total. The highest BCUT2D eigenvalue weighted by atomic mass is 35.5. The molecule has 4 nitrogen and oxygen atoms in total. The highest BCUT2D eigenvalue weighted by Crippen LogP contribution is 2.22. The number of nitrogens with zero attached hydrogens (tertiary/aromatic N) is 2. The number of rotatable bonds is 3. The molecular formula is C19H21ClN4. The molecule has 0 saturated heterocycles. The van der Waals surface area contributed by atoms with Crippen LogP contribution in [0.15, 0.2) is 60.8 Å². The van der Waals surface area contributed by atoms with Crippen molar-refractivity contribution in [3.8, 4) is 0 Å². The Kier molecular flexibility index (Phi) is 5.77. The normalized spacial score (nSPS) is 10.1. The Morgan fingerprint density at radius 2 is 1.92 bits per heavy atom. The van der Waals surface area contributed by atoms with Gasteiger partial charge in [-0.05, 0) is 48.4 Å². The fourth-order valence-corrected chi connectivity index (χ4v) is 2.54. The van der Waals surface area contributed by atoms with Crippen molar-refractivity contribution in [2.45, 2.75) is 13.3 Å². The van der Waals surface area contributed by atoms with Gasteiger partial charge in [0.2, 0.25) is 0 Å². The minimum Gasteiger partial charge on any atom is -0.325 e. The second kappa shape index (κ2) is 7.79. The molecule has 3 rings (SSSR count). The summed E-state index contributed by atoms with van der Waals surface area (Å²) in [4.78, 5) is 6.19. The fourth-order valence-electron chi connectivity index (χ4n) is 2.54. The molecule has 0 aliphatic carbocycles. The number of hydrogen-bond acceptors (Lipinski definition) is 2. The molecule has 24 heavy (non-hydrogen) atoms. The van der Waals surface area contributed by atoms with Gasteiger partial charge in [-0.2, -0.15) is 0 Å². The number of pyridine rings is 1. The van der Waals surface area contributed by atoms with E-state index in [4.69, 9.17) is 5.41 Å². The first-order valence-corrected chi connectivity index (χ1v) is 7.71. The van der Waals surface area contributed by atoms with Crippen LogP contribution in [0.1, 0.15) is 12.5 Å². The number of anilines is 2. The van der Waals surface area contributed by atoms with E-state index in [-0.39, 0.29) is 12.4 Å². The quantitative estimate of drug-likeness (QED) is 0.536. The van der Waals surface area contributed by atoms with Gasteiger partial charge >= 0.3 is 0 Å². The predicted molar refractivity (Wildman–Crippen MR) is 105 cm³/mol. The maximum absolute atomic E-state index is 8.37. The average Bonchev–Trinajstić information content (AvgIpc) is 2.61. The van der Waals surface area contributed by atoms with E-state index in [2.05, 4.69) is 29.4 Å². The highest BCUT2D eigenvalue weighted by Gasteiger charge is 2.09. The molecule has 3 aromatic rings. The summed E-state index contributed by atoms with van der Waals surface area (Å²) >= 11 is 0. The Morgan fingerprint density at radius 1 is 1.12 bits per heavy atom. The molecule has 0 amide bonds. The Balaban J connectivity index is 0.00000208. The topological polar surface area (TPSA) is 52.0 Å². The van der Waals surface area contributed by atoms with E-state index < -0.39 is 0 Å². The fraction of sp³-hybridized carbons (Fsp3) is 0.158. The van der Waals surface area contributed by atoms with E-state index in [0.717, 1.165) is 28.7 Å². The SMILES string of the molecule is CCc1cccc(N(C)C(=N)Nc2cccc3ncccc23)c1.Cl. The summed E-state index contributed by atoms with van der Waals surface area (Å²) in [7, 11) is 1.90. The molecule has 124 valence electrons. The number of aromatic nitrogens is 1. The standard InChI is InChI=1S/C19H20N4.ClH/c1-3-14-7-4-8-15(13-14)23(2)19(20)22-18-11-5-10-17-16(18)9-6-12-21-17;/h4-13H,3H2,1-2H3,(H2,20,22);1H. The molecule has 0 fully saturated rings. The van der Waals surface area contributed by atoms with Gasteiger partial charge in [-0.25, -0.2) is 0 Å². The summed E-state index contributed by atoms with van der Waals surface area (Å²) in [6, 6.07) is 18.1. The maximum atomic E-state index is 8.37. The van der Waals surface area contributed by atoms with Crippen LogP contribution in [0.4, 0.5) is 11.4 Å². The molecule has 2 aromatic carbocycles. The van der Waals surface area contributed by atoms with Crippen molar-refractivity contribution >= 4 is 40.6 Å². The number of hydrogen-bond donors (Lipinski definition) is 2. The maximum Gasteiger partial charge on any atom is 0.199 e. The molecule has 1 aromatic heterocycles. The first-order valence-electron chi connectivity index (χ1n) is 7.71. The summed E-state index contributed by atoms with van der Waals surface area (Å²) in [5.74, 6) is 0.328. The van der Waals surface area contributed by atoms with Gasteiger partial charge in [-0.1, -0.05) is 25.1 Å². The van der Waals surface area contributed by atoms with Gasteiger partial charge < -0.3 is 10.2 Å². The van der Waals surface area contributed by atoms with E-state index >= 15 is 0 Å². The lowest BCUT2D eigenvalue weighted by Crippen LogP contribution is -2.32. The summed E-state index contributed by atoms with van der Waals surface area (Å²) < 4.78 is 0. The van der Waals surface area contributed by atoms with Crippen LogP contribution in [0.5, 0.6) is 0 Å². The lowest BCUT2D eigenvalue weighted by atomic mass is 10.1. The van der Waals surface area contributed by atoms with Crippen LogP contribution in [-0.2, 0) is 6.42 Å². The zero-order chi connectivity index (χ0) is 16.2. The van der Waals surface area contributed by atoms with Crippen LogP contribution in [0.3, 0.4) is 0 Å². The van der Waals surface area contributed by atoms with Gasteiger partial charge in [0.1, 0.15) is 0 Å². The molecule has 5 heteroatoms. The molecule has 0 saturated carbocycles. The van der Waals surface area contributed by atoms with Gasteiger partial charge in [0, 0.05) is 24.3 Å². The van der Waals surface area contributed by atoms with Gasteiger partial charge in [0.15, 0.2) is 5.96 Å². The Bertz CT molecular complexity index is 842. The molecule has 0 spiro atoms. The van der Waals surface area contributed by atoms with Crippen molar-refractivity contribution in [2.24, 2.45) is 0 Å². The molecule has 0 bridgehead atoms. The zero-order valence-electron chi connectivity index (χ0n) is 13.8. The third kappa shape index (κ3) is 3.66. The Morgan fingerprint density at radius 3 is 2.71 bits per heavy atom. The monoisotopic (exact) mass is 340 g/mol. The van der Waals surface area contributed by atoms with Gasteiger partial charge in [0.05, 0.1) is 11.2 Å². The minimum absolute atomic E-state index is 0. The van der Waals surface area contributed by atoms with Crippen LogP contribution < -0.4 is 10.2 Å². The van der Waals surface area contributed by atoms with Crippen LogP contribution in [0.2, 0.25) is 0 Å². The van der Waals surface area contributed by atoms with Gasteiger partial charge in [-0.3, -0.25) is 10.4 Å². The van der Waals surface area contributed by atoms with Crippen LogP contribution in [-0.4, -0.2) is 18.0 Å². The summed E-state index contributed by atoms with van der Waals surface area (Å²) in [6.45, 7) is 2.13. The van der Waals surface area contributed by atoms with Crippen molar-refractivity contribution in [3.63, 3.8) is 0 Å². The lowest BCUT2D eigenvalue weighted by molar-refractivity contribution is 1.13. The molecule has 0 radical (unpaired) electrons. The number of halogens is 1. The van der Waals surface area contributed by atoms with Crippen LogP contribution in [0.25, 0.3) is 10.9 Å². The zero-order valence-corrected chi connectivity index (χ0v) is 14.6. The largest absolute Gasteiger partial charge is 0.325 e. The predicted octanol–water partition coefficient (Wildman–Crippen LogP) is 4.70. The van der Waals surface area contributed by atoms with E-state index in [9.17, 15) is 0 Å². The van der Waals surface area contributed by atoms with Crippen molar-refractivity contribution in [3.05, 3.63) is 66.4 Å². The van der Waals surface area contributed by atoms with Crippen molar-refractivity contribution in [1.82, 2.24) is 4.98 Å². The van der Waals surface area contributed by atoms with Crippen LogP contribution >= 0.6 is 12.4 Å². The van der Waals surface area contributed by atoms with E-state index in [1.54, 1.807) is 6.20 Å². The average molecular weight is 341 g/mol. The van der Waals surface area contributed by atoms with Crippen molar-refractivity contribution in [2.75, 3.05) is 17.3 Å². The van der Waals surface area contributed by atoms with Crippen LogP contribution in [0, 0.1) is 5.41 Å². The minimum atomic E-state index is 0. The first-order chi connectivity index (χ1) is 11.2. The summed E-state index contributed by atoms with van der Waals surface area (Å²) in [5.41, 5.74) is 4.07. The summed E-state index contributed by atoms with van der Waals surface area (Å²) in [6.07, 6.45) is 2.76. The number of benzene rings is 2. The molecular weight excluding hydrogens is 320 g/mol. The third-order valence-electron chi connectivity index (χ3n) is 3.94. The first kappa shape index (κ1) is 17.8. The highest BCUT2D eigenvalue weighted by molar-refractivity contribution is 6.07.